The molecule has 0 bridgehead atoms. The van der Waals surface area contributed by atoms with Crippen molar-refractivity contribution in [2.45, 2.75) is 207 Å². The zero-order chi connectivity index (χ0) is 57.8. The number of benzene rings is 7. The Kier molecular flexibility index (Phi) is 11.3. The summed E-state index contributed by atoms with van der Waals surface area (Å²) >= 11 is 0. The average Bonchev–Trinajstić information content (AvgIpc) is 2.25. The van der Waals surface area contributed by atoms with Gasteiger partial charge in [0.2, 0.25) is 0 Å². The number of hydrogen-bond acceptors (Lipinski definition) is 3. The first-order valence-electron chi connectivity index (χ1n) is 30.5. The fraction of sp³-hybridized carbons (Fsp3) is 0.421. The Morgan fingerprint density at radius 2 is 0.926 bits per heavy atom. The van der Waals surface area contributed by atoms with Gasteiger partial charge in [0.05, 0.1) is 5.69 Å². The zero-order valence-electron chi connectivity index (χ0n) is 52.7. The third kappa shape index (κ3) is 8.26. The van der Waals surface area contributed by atoms with Crippen LogP contribution in [-0.4, -0.2) is 11.3 Å². The molecule has 0 saturated heterocycles. The number of hydrogen-bond donors (Lipinski definition) is 0. The number of furan rings is 1. The molecule has 2 aliphatic heterocycles. The molecule has 0 amide bonds. The van der Waals surface area contributed by atoms with Gasteiger partial charge in [-0.05, 0) is 209 Å². The number of nitrogens with zero attached hydrogens (tertiary/aromatic N) is 3. The van der Waals surface area contributed by atoms with Gasteiger partial charge < -0.3 is 18.7 Å². The van der Waals surface area contributed by atoms with Crippen molar-refractivity contribution in [1.29, 1.82) is 0 Å². The molecule has 0 unspecified atom stereocenters. The first kappa shape index (κ1) is 53.8. The lowest BCUT2D eigenvalue weighted by Crippen LogP contribution is -2.56. The molecule has 5 heteroatoms. The molecule has 81 heavy (non-hydrogen) atoms. The third-order valence-corrected chi connectivity index (χ3v) is 20.3. The van der Waals surface area contributed by atoms with Crippen LogP contribution in [0.1, 0.15) is 209 Å². The minimum atomic E-state index is -0.257. The Morgan fingerprint density at radius 3 is 1.47 bits per heavy atom. The summed E-state index contributed by atoms with van der Waals surface area (Å²) in [6, 6.07) is 48.9. The zero-order valence-corrected chi connectivity index (χ0v) is 52.7. The second kappa shape index (κ2) is 17.1. The molecule has 0 radical (unpaired) electrons. The van der Waals surface area contributed by atoms with Gasteiger partial charge in [0, 0.05) is 61.2 Å². The van der Waals surface area contributed by atoms with Crippen LogP contribution in [0.15, 0.2) is 126 Å². The minimum Gasteiger partial charge on any atom is -0.466 e. The van der Waals surface area contributed by atoms with Gasteiger partial charge >= 0.3 is 6.85 Å². The summed E-state index contributed by atoms with van der Waals surface area (Å²) in [5, 5.41) is 3.80. The van der Waals surface area contributed by atoms with Gasteiger partial charge in [-0.2, -0.15) is 0 Å². The van der Waals surface area contributed by atoms with Gasteiger partial charge in [-0.1, -0.05) is 175 Å². The second-order valence-electron chi connectivity index (χ2n) is 32.1. The van der Waals surface area contributed by atoms with E-state index in [2.05, 4.69) is 274 Å². The van der Waals surface area contributed by atoms with Gasteiger partial charge in [-0.15, -0.1) is 0 Å². The standard InChI is InChI=1S/C76H88BN3O/c1-69(2,3)45-21-26-49(27-22-45)78(50-28-23-46(24-29-50)70(4,5)6)52-40-54-56-39-48(72(10,11)12)38-55-53-37-47(71(7,8)9)25-32-62(53)80(66(55)56)77-65(54)63(42-52)79(51-30-31-58-59(41-51)74(15,16)34-33-73(58,13)14)67-57-43-60-61(44-64(57)81-68(67)77)76(19,20)36-35-75(60,17)18/h21-32,37-44H,33-36H2,1-20H3. The summed E-state index contributed by atoms with van der Waals surface area (Å²) in [5.74, 6) is 0. The molecule has 13 rings (SSSR count). The Balaban J connectivity index is 1.22. The van der Waals surface area contributed by atoms with E-state index in [0.29, 0.717) is 0 Å². The Hall–Kier alpha value is -6.46. The Morgan fingerprint density at radius 1 is 0.432 bits per heavy atom. The van der Waals surface area contributed by atoms with Crippen LogP contribution in [0.5, 0.6) is 0 Å². The molecular weight excluding hydrogens is 982 g/mol. The minimum absolute atomic E-state index is 0.00393. The SMILES string of the molecule is CC(C)(C)c1ccc(N(c2ccc(C(C)(C)C)cc2)c2cc3c4c(c2)N(c2ccc5c(c2)C(C)(C)CCC5(C)C)c2c(oc5cc6c(cc25)C(C)(C)CCC6(C)C)B4n2c4ccc(C(C)(C)C)cc4c4cc(C(C)(C)C)cc-3c42)cc1. The Labute approximate surface area is 485 Å². The monoisotopic (exact) mass is 1070 g/mol. The van der Waals surface area contributed by atoms with Crippen LogP contribution >= 0.6 is 0 Å². The highest BCUT2D eigenvalue weighted by Crippen LogP contribution is 2.55. The number of fused-ring (bicyclic) bond motifs is 11. The van der Waals surface area contributed by atoms with E-state index in [4.69, 9.17) is 4.42 Å². The van der Waals surface area contributed by atoms with Crippen molar-refractivity contribution in [1.82, 2.24) is 4.48 Å². The summed E-state index contributed by atoms with van der Waals surface area (Å²) in [7, 11) is 0. The van der Waals surface area contributed by atoms with Crippen LogP contribution in [0.25, 0.3) is 43.9 Å². The smallest absolute Gasteiger partial charge is 0.375 e. The lowest BCUT2D eigenvalue weighted by molar-refractivity contribution is 0.332. The highest BCUT2D eigenvalue weighted by molar-refractivity contribution is 6.89. The largest absolute Gasteiger partial charge is 0.466 e. The van der Waals surface area contributed by atoms with Crippen molar-refractivity contribution < 1.29 is 4.42 Å². The Bertz CT molecular complexity index is 4030. The normalized spacial score (nSPS) is 17.8. The van der Waals surface area contributed by atoms with Gasteiger partial charge in [0.25, 0.3) is 0 Å². The van der Waals surface area contributed by atoms with Gasteiger partial charge in [-0.25, -0.2) is 0 Å². The number of rotatable bonds is 4. The van der Waals surface area contributed by atoms with Crippen LogP contribution in [0.4, 0.5) is 34.1 Å². The molecule has 4 heterocycles. The highest BCUT2D eigenvalue weighted by atomic mass is 16.3. The lowest BCUT2D eigenvalue weighted by atomic mass is 9.47. The van der Waals surface area contributed by atoms with Crippen molar-refractivity contribution in [2.24, 2.45) is 0 Å². The van der Waals surface area contributed by atoms with Crippen molar-refractivity contribution in [3.63, 3.8) is 0 Å². The molecule has 4 aliphatic rings. The summed E-state index contributed by atoms with van der Waals surface area (Å²) in [5.41, 5.74) is 26.3. The molecule has 2 aliphatic carbocycles. The van der Waals surface area contributed by atoms with E-state index < -0.39 is 0 Å². The summed E-state index contributed by atoms with van der Waals surface area (Å²) in [6.45, 7) is 47.5. The highest BCUT2D eigenvalue weighted by Gasteiger charge is 2.49. The molecule has 0 N–H and O–H groups in total. The van der Waals surface area contributed by atoms with E-state index >= 15 is 0 Å². The molecule has 7 aromatic carbocycles. The van der Waals surface area contributed by atoms with Gasteiger partial charge in [0.1, 0.15) is 11.2 Å². The first-order valence-corrected chi connectivity index (χ1v) is 30.5. The second-order valence-corrected chi connectivity index (χ2v) is 32.1. The summed E-state index contributed by atoms with van der Waals surface area (Å²) < 4.78 is 10.6. The lowest BCUT2D eigenvalue weighted by Gasteiger charge is -2.44. The first-order chi connectivity index (χ1) is 37.6. The van der Waals surface area contributed by atoms with E-state index in [-0.39, 0.29) is 50.2 Å². The van der Waals surface area contributed by atoms with Gasteiger partial charge in [-0.3, -0.25) is 0 Å². The number of anilines is 6. The molecular formula is C76H88BN3O. The topological polar surface area (TPSA) is 24.6 Å². The van der Waals surface area contributed by atoms with E-state index in [9.17, 15) is 0 Å². The van der Waals surface area contributed by atoms with E-state index in [1.165, 1.54) is 99.7 Å². The summed E-state index contributed by atoms with van der Waals surface area (Å²) in [4.78, 5) is 5.21. The molecule has 2 aromatic heterocycles. The maximum atomic E-state index is 7.85. The molecule has 4 nitrogen and oxygen atoms in total. The number of aromatic nitrogens is 1. The van der Waals surface area contributed by atoms with E-state index in [1.54, 1.807) is 0 Å². The van der Waals surface area contributed by atoms with Crippen molar-refractivity contribution in [3.8, 4) is 11.1 Å². The fourth-order valence-electron chi connectivity index (χ4n) is 14.7. The predicted octanol–water partition coefficient (Wildman–Crippen LogP) is 20.3. The van der Waals surface area contributed by atoms with Crippen LogP contribution in [-0.2, 0) is 43.3 Å². The quantitative estimate of drug-likeness (QED) is 0.164. The van der Waals surface area contributed by atoms with Crippen LogP contribution in [0.2, 0.25) is 0 Å². The predicted molar refractivity (Wildman–Crippen MR) is 350 cm³/mol. The maximum absolute atomic E-state index is 7.85. The van der Waals surface area contributed by atoms with E-state index in [1.807, 2.05) is 0 Å². The molecule has 0 spiro atoms. The molecule has 0 saturated carbocycles. The van der Waals surface area contributed by atoms with Crippen molar-refractivity contribution in [2.75, 3.05) is 9.80 Å². The van der Waals surface area contributed by atoms with E-state index in [0.717, 1.165) is 59.7 Å². The van der Waals surface area contributed by atoms with Crippen LogP contribution in [0.3, 0.4) is 0 Å². The third-order valence-electron chi connectivity index (χ3n) is 20.3. The average molecular weight is 1070 g/mol. The summed E-state index contributed by atoms with van der Waals surface area (Å²) in [6.07, 6.45) is 4.57. The fourth-order valence-corrected chi connectivity index (χ4v) is 14.7. The van der Waals surface area contributed by atoms with Crippen molar-refractivity contribution in [3.05, 3.63) is 166 Å². The molecule has 9 aromatic rings. The maximum Gasteiger partial charge on any atom is 0.375 e. The molecule has 0 fully saturated rings. The van der Waals surface area contributed by atoms with Gasteiger partial charge in [0.15, 0.2) is 0 Å². The molecule has 416 valence electrons. The van der Waals surface area contributed by atoms with Crippen LogP contribution in [0, 0.1) is 0 Å². The molecule has 0 atom stereocenters. The van der Waals surface area contributed by atoms with Crippen molar-refractivity contribution >= 4 is 84.9 Å². The van der Waals surface area contributed by atoms with Crippen LogP contribution < -0.4 is 20.9 Å².